The van der Waals surface area contributed by atoms with Crippen LogP contribution in [0.2, 0.25) is 0 Å². The molecule has 0 aliphatic rings. The Morgan fingerprint density at radius 3 is 2.22 bits per heavy atom. The van der Waals surface area contributed by atoms with Crippen LogP contribution in [0.15, 0.2) is 67.9 Å². The van der Waals surface area contributed by atoms with E-state index < -0.39 is 12.1 Å². The summed E-state index contributed by atoms with van der Waals surface area (Å²) in [6, 6.07) is 0. The molecule has 5 heteroatoms. The molecule has 0 unspecified atom stereocenters. The molecule has 150 valence electrons. The second-order valence-electron chi connectivity index (χ2n) is 5.83. The van der Waals surface area contributed by atoms with Gasteiger partial charge in [-0.15, -0.1) is 0 Å². The summed E-state index contributed by atoms with van der Waals surface area (Å²) < 4.78 is 2.27. The fraction of sp³-hybridized carbons (Fsp3) is 0.409. The molecule has 0 aromatic rings. The number of aliphatic hydroxyl groups is 1. The van der Waals surface area contributed by atoms with E-state index in [1.807, 2.05) is 36.5 Å². The van der Waals surface area contributed by atoms with Gasteiger partial charge < -0.3 is 10.2 Å². The van der Waals surface area contributed by atoms with Gasteiger partial charge in [0.1, 0.15) is 0 Å². The van der Waals surface area contributed by atoms with E-state index in [9.17, 15) is 9.90 Å². The number of allylic oxidation sites excluding steroid dienone is 10. The van der Waals surface area contributed by atoms with Crippen LogP contribution in [-0.4, -0.2) is 22.3 Å². The summed E-state index contributed by atoms with van der Waals surface area (Å²) in [4.78, 5) is 10.4. The number of carboxylic acid groups (broad SMARTS) is 1. The molecule has 3 nitrogen and oxygen atoms in total. The highest BCUT2D eigenvalue weighted by Crippen LogP contribution is 2.22. The summed E-state index contributed by atoms with van der Waals surface area (Å²) in [6.45, 7) is 2.14. The van der Waals surface area contributed by atoms with Crippen molar-refractivity contribution < 1.29 is 15.0 Å². The Morgan fingerprint density at radius 1 is 0.889 bits per heavy atom. The predicted octanol–water partition coefficient (Wildman–Crippen LogP) is 7.05. The molecule has 0 bridgehead atoms. The number of halogens is 2. The standard InChI is InChI=1S/C22H30I2O3/c1-2-3-4-5-9-12-15-20(23)21(24)18-17-19(25)14-11-8-6-7-10-13-16-22(26)27/h3-4,7-8,10-12,15,17-19,25H,2,5-6,9,13-14,16H2,1H3,(H,26,27)/b4-3-,10-7-,11-8-,15-12+,18-17+,21-20-/t19-/m0/s1. The lowest BCUT2D eigenvalue weighted by Crippen LogP contribution is -1.99. The van der Waals surface area contributed by atoms with Gasteiger partial charge in [-0.05, 0) is 89.8 Å². The van der Waals surface area contributed by atoms with Crippen LogP contribution in [0.4, 0.5) is 0 Å². The lowest BCUT2D eigenvalue weighted by atomic mass is 10.2. The minimum Gasteiger partial charge on any atom is -0.481 e. The normalized spacial score (nSPS) is 15.0. The Balaban J connectivity index is 4.15. The topological polar surface area (TPSA) is 57.5 Å². The summed E-state index contributed by atoms with van der Waals surface area (Å²) in [5, 5.41) is 18.5. The van der Waals surface area contributed by atoms with Gasteiger partial charge in [0.2, 0.25) is 0 Å². The lowest BCUT2D eigenvalue weighted by molar-refractivity contribution is -0.136. The number of rotatable bonds is 14. The molecule has 0 saturated heterocycles. The summed E-state index contributed by atoms with van der Waals surface area (Å²) in [6.07, 6.45) is 24.9. The van der Waals surface area contributed by atoms with E-state index in [4.69, 9.17) is 5.11 Å². The highest BCUT2D eigenvalue weighted by atomic mass is 127. The van der Waals surface area contributed by atoms with E-state index in [2.05, 4.69) is 76.4 Å². The minimum atomic E-state index is -0.775. The van der Waals surface area contributed by atoms with Crippen molar-refractivity contribution in [2.24, 2.45) is 0 Å². The van der Waals surface area contributed by atoms with E-state index in [1.54, 1.807) is 0 Å². The van der Waals surface area contributed by atoms with Gasteiger partial charge in [-0.1, -0.05) is 61.6 Å². The monoisotopic (exact) mass is 596 g/mol. The maximum atomic E-state index is 10.4. The molecule has 1 atom stereocenters. The zero-order chi connectivity index (χ0) is 20.3. The average Bonchev–Trinajstić information content (AvgIpc) is 2.64. The van der Waals surface area contributed by atoms with Crippen molar-refractivity contribution in [3.8, 4) is 0 Å². The van der Waals surface area contributed by atoms with E-state index >= 15 is 0 Å². The summed E-state index contributed by atoms with van der Waals surface area (Å²) in [5.74, 6) is -0.775. The van der Waals surface area contributed by atoms with Crippen molar-refractivity contribution in [2.45, 2.75) is 58.0 Å². The van der Waals surface area contributed by atoms with Crippen molar-refractivity contribution in [1.82, 2.24) is 0 Å². The van der Waals surface area contributed by atoms with Gasteiger partial charge in [-0.25, -0.2) is 0 Å². The Kier molecular flexibility index (Phi) is 18.2. The van der Waals surface area contributed by atoms with Crippen LogP contribution in [-0.2, 0) is 4.79 Å². The van der Waals surface area contributed by atoms with Crippen LogP contribution >= 0.6 is 45.2 Å². The van der Waals surface area contributed by atoms with E-state index in [-0.39, 0.29) is 6.42 Å². The SMILES string of the molecule is CC/C=C\CC/C=C/C(I)=C(I)\C=C\[C@@H](O)C/C=C\C/C=C\CCC(=O)O. The first kappa shape index (κ1) is 26.3. The van der Waals surface area contributed by atoms with E-state index in [0.29, 0.717) is 12.8 Å². The number of carbonyl (C=O) groups is 1. The van der Waals surface area contributed by atoms with Crippen molar-refractivity contribution >= 4 is 51.2 Å². The number of aliphatic hydroxyl groups excluding tert-OH is 1. The molecule has 0 rings (SSSR count). The zero-order valence-corrected chi connectivity index (χ0v) is 20.2. The zero-order valence-electron chi connectivity index (χ0n) is 15.9. The molecule has 0 aromatic carbocycles. The van der Waals surface area contributed by atoms with Gasteiger partial charge in [0.25, 0.3) is 0 Å². The molecule has 0 fully saturated rings. The fourth-order valence-corrected chi connectivity index (χ4v) is 2.75. The van der Waals surface area contributed by atoms with Crippen molar-refractivity contribution in [1.29, 1.82) is 0 Å². The Hall–Kier alpha value is -0.670. The second kappa shape index (κ2) is 18.7. The van der Waals surface area contributed by atoms with Gasteiger partial charge in [0.05, 0.1) is 6.10 Å². The minimum absolute atomic E-state index is 0.166. The molecule has 0 radical (unpaired) electrons. The van der Waals surface area contributed by atoms with Crippen molar-refractivity contribution in [3.63, 3.8) is 0 Å². The van der Waals surface area contributed by atoms with Crippen LogP contribution in [0.3, 0.4) is 0 Å². The molecule has 2 N–H and O–H groups in total. The Morgan fingerprint density at radius 2 is 1.52 bits per heavy atom. The third-order valence-electron chi connectivity index (χ3n) is 3.37. The van der Waals surface area contributed by atoms with Gasteiger partial charge in [-0.2, -0.15) is 0 Å². The van der Waals surface area contributed by atoms with Gasteiger partial charge in [0.15, 0.2) is 0 Å². The first-order chi connectivity index (χ1) is 13.0. The van der Waals surface area contributed by atoms with E-state index in [1.165, 1.54) is 0 Å². The molecule has 0 aliphatic heterocycles. The molecule has 0 saturated carbocycles. The highest BCUT2D eigenvalue weighted by molar-refractivity contribution is 14.1. The number of aliphatic carboxylic acids is 1. The van der Waals surface area contributed by atoms with Gasteiger partial charge in [0, 0.05) is 13.6 Å². The smallest absolute Gasteiger partial charge is 0.303 e. The highest BCUT2D eigenvalue weighted by Gasteiger charge is 1.97. The average molecular weight is 596 g/mol. The van der Waals surface area contributed by atoms with E-state index in [0.717, 1.165) is 32.8 Å². The van der Waals surface area contributed by atoms with Gasteiger partial charge in [-0.3, -0.25) is 4.79 Å². The third kappa shape index (κ3) is 18.5. The predicted molar refractivity (Wildman–Crippen MR) is 132 cm³/mol. The van der Waals surface area contributed by atoms with Crippen LogP contribution < -0.4 is 0 Å². The first-order valence-electron chi connectivity index (χ1n) is 9.22. The summed E-state index contributed by atoms with van der Waals surface area (Å²) in [7, 11) is 0. The van der Waals surface area contributed by atoms with Crippen LogP contribution in [0, 0.1) is 0 Å². The number of hydrogen-bond donors (Lipinski definition) is 2. The Bertz CT molecular complexity index is 584. The number of carboxylic acids is 1. The molecule has 0 amide bonds. The summed E-state index contributed by atoms with van der Waals surface area (Å²) >= 11 is 4.60. The third-order valence-corrected chi connectivity index (χ3v) is 6.28. The fourth-order valence-electron chi connectivity index (χ4n) is 1.93. The molecule has 0 spiro atoms. The largest absolute Gasteiger partial charge is 0.481 e. The molecule has 0 heterocycles. The maximum absolute atomic E-state index is 10.4. The first-order valence-corrected chi connectivity index (χ1v) is 11.4. The van der Waals surface area contributed by atoms with Crippen molar-refractivity contribution in [2.75, 3.05) is 0 Å². The molecule has 27 heavy (non-hydrogen) atoms. The van der Waals surface area contributed by atoms with Crippen LogP contribution in [0.5, 0.6) is 0 Å². The molecule has 0 aromatic heterocycles. The molecular formula is C22H30I2O3. The van der Waals surface area contributed by atoms with Crippen LogP contribution in [0.1, 0.15) is 51.9 Å². The molecule has 0 aliphatic carbocycles. The Labute approximate surface area is 191 Å². The molecular weight excluding hydrogens is 566 g/mol. The lowest BCUT2D eigenvalue weighted by Gasteiger charge is -2.01. The number of unbranched alkanes of at least 4 members (excludes halogenated alkanes) is 1. The van der Waals surface area contributed by atoms with Gasteiger partial charge >= 0.3 is 5.97 Å². The quantitative estimate of drug-likeness (QED) is 0.0979. The number of hydrogen-bond acceptors (Lipinski definition) is 2. The van der Waals surface area contributed by atoms with Crippen LogP contribution in [0.25, 0.3) is 0 Å². The second-order valence-corrected chi connectivity index (χ2v) is 8.15. The maximum Gasteiger partial charge on any atom is 0.303 e. The van der Waals surface area contributed by atoms with Crippen molar-refractivity contribution in [3.05, 3.63) is 67.9 Å². The summed E-state index contributed by atoms with van der Waals surface area (Å²) in [5.41, 5.74) is 0.